The largest absolute Gasteiger partial charge is 0.354 e. The number of nitrogens with one attached hydrogen (secondary N) is 1. The average molecular weight is 502 g/mol. The molecule has 1 atom stereocenters. The Balaban J connectivity index is 2.36. The Labute approximate surface area is 210 Å². The maximum absolute atomic E-state index is 13.6. The van der Waals surface area contributed by atoms with Gasteiger partial charge >= 0.3 is 0 Å². The van der Waals surface area contributed by atoms with Crippen LogP contribution in [0.2, 0.25) is 0 Å². The summed E-state index contributed by atoms with van der Waals surface area (Å²) in [6.45, 7) is 10.2. The smallest absolute Gasteiger partial charge is 0.244 e. The van der Waals surface area contributed by atoms with E-state index in [1.54, 1.807) is 12.1 Å². The molecule has 0 fully saturated rings. The Morgan fingerprint density at radius 1 is 1.00 bits per heavy atom. The molecule has 0 saturated carbocycles. The van der Waals surface area contributed by atoms with Crippen molar-refractivity contribution in [1.82, 2.24) is 10.2 Å². The van der Waals surface area contributed by atoms with E-state index in [4.69, 9.17) is 0 Å². The normalized spacial score (nSPS) is 12.3. The van der Waals surface area contributed by atoms with Crippen molar-refractivity contribution in [1.29, 1.82) is 0 Å². The standard InChI is InChI=1S/C27H39N3O4S/c1-7-25(27(32)28-18-20(2)3)29(16-15-23-11-9-8-10-12-23)26(31)19-30(35(6,33)34)24-14-13-21(4)22(5)17-24/h8-14,17,20,25H,7,15-16,18-19H2,1-6H3,(H,28,32)/t25-/m0/s1. The van der Waals surface area contributed by atoms with Gasteiger partial charge in [-0.15, -0.1) is 0 Å². The maximum atomic E-state index is 13.6. The topological polar surface area (TPSA) is 86.8 Å². The third-order valence-electron chi connectivity index (χ3n) is 6.01. The van der Waals surface area contributed by atoms with Gasteiger partial charge in [-0.05, 0) is 61.4 Å². The molecule has 192 valence electrons. The van der Waals surface area contributed by atoms with Gasteiger partial charge < -0.3 is 10.2 Å². The Kier molecular flexibility index (Phi) is 10.3. The minimum atomic E-state index is -3.73. The fourth-order valence-corrected chi connectivity index (χ4v) is 4.65. The molecule has 8 heteroatoms. The first-order valence-corrected chi connectivity index (χ1v) is 13.9. The number of aryl methyl sites for hydroxylation is 2. The van der Waals surface area contributed by atoms with E-state index in [1.165, 1.54) is 4.90 Å². The molecule has 0 unspecified atom stereocenters. The zero-order valence-electron chi connectivity index (χ0n) is 21.7. The Morgan fingerprint density at radius 2 is 1.66 bits per heavy atom. The number of amides is 2. The first-order valence-electron chi connectivity index (χ1n) is 12.1. The van der Waals surface area contributed by atoms with Crippen molar-refractivity contribution in [3.05, 3.63) is 65.2 Å². The Morgan fingerprint density at radius 3 is 2.20 bits per heavy atom. The molecule has 0 spiro atoms. The summed E-state index contributed by atoms with van der Waals surface area (Å²) in [6, 6.07) is 14.4. The van der Waals surface area contributed by atoms with Gasteiger partial charge in [-0.1, -0.05) is 57.2 Å². The molecule has 2 aromatic rings. The third kappa shape index (κ3) is 8.38. The number of nitrogens with zero attached hydrogens (tertiary/aromatic N) is 2. The van der Waals surface area contributed by atoms with E-state index in [9.17, 15) is 18.0 Å². The van der Waals surface area contributed by atoms with E-state index < -0.39 is 22.0 Å². The molecule has 0 aliphatic heterocycles. The number of carbonyl (C=O) groups excluding carboxylic acids is 2. The highest BCUT2D eigenvalue weighted by Crippen LogP contribution is 2.22. The monoisotopic (exact) mass is 501 g/mol. The van der Waals surface area contributed by atoms with Crippen molar-refractivity contribution < 1.29 is 18.0 Å². The first kappa shape index (κ1) is 28.4. The molecule has 0 aromatic heterocycles. The van der Waals surface area contributed by atoms with E-state index >= 15 is 0 Å². The van der Waals surface area contributed by atoms with Crippen LogP contribution in [-0.2, 0) is 26.0 Å². The van der Waals surface area contributed by atoms with Gasteiger partial charge in [0.05, 0.1) is 11.9 Å². The van der Waals surface area contributed by atoms with Gasteiger partial charge in [0.1, 0.15) is 12.6 Å². The molecule has 7 nitrogen and oxygen atoms in total. The number of sulfonamides is 1. The lowest BCUT2D eigenvalue weighted by Gasteiger charge is -2.33. The van der Waals surface area contributed by atoms with Crippen LogP contribution in [0.5, 0.6) is 0 Å². The van der Waals surface area contributed by atoms with Crippen LogP contribution in [0, 0.1) is 19.8 Å². The molecule has 1 N–H and O–H groups in total. The number of rotatable bonds is 12. The van der Waals surface area contributed by atoms with Gasteiger partial charge in [0.15, 0.2) is 0 Å². The summed E-state index contributed by atoms with van der Waals surface area (Å²) in [4.78, 5) is 28.2. The highest BCUT2D eigenvalue weighted by atomic mass is 32.2. The minimum absolute atomic E-state index is 0.223. The zero-order chi connectivity index (χ0) is 26.2. The second-order valence-corrected chi connectivity index (χ2v) is 11.3. The summed E-state index contributed by atoms with van der Waals surface area (Å²) >= 11 is 0. The molecule has 0 bridgehead atoms. The quantitative estimate of drug-likeness (QED) is 0.481. The summed E-state index contributed by atoms with van der Waals surface area (Å²) in [7, 11) is -3.73. The molecule has 0 aliphatic carbocycles. The molecule has 0 radical (unpaired) electrons. The van der Waals surface area contributed by atoms with Gasteiger partial charge in [-0.3, -0.25) is 13.9 Å². The summed E-state index contributed by atoms with van der Waals surface area (Å²) in [5.41, 5.74) is 3.44. The fourth-order valence-electron chi connectivity index (χ4n) is 3.81. The maximum Gasteiger partial charge on any atom is 0.244 e. The van der Waals surface area contributed by atoms with Gasteiger partial charge in [-0.25, -0.2) is 8.42 Å². The number of carbonyl (C=O) groups is 2. The summed E-state index contributed by atoms with van der Waals surface area (Å²) < 4.78 is 26.5. The molecule has 35 heavy (non-hydrogen) atoms. The summed E-state index contributed by atoms with van der Waals surface area (Å²) in [5, 5.41) is 2.93. The van der Waals surface area contributed by atoms with Crippen molar-refractivity contribution >= 4 is 27.5 Å². The van der Waals surface area contributed by atoms with Crippen molar-refractivity contribution in [3.63, 3.8) is 0 Å². The van der Waals surface area contributed by atoms with Gasteiger partial charge in [0, 0.05) is 13.1 Å². The van der Waals surface area contributed by atoms with Gasteiger partial charge in [0.2, 0.25) is 21.8 Å². The molecule has 2 rings (SSSR count). The number of anilines is 1. The van der Waals surface area contributed by atoms with Gasteiger partial charge in [-0.2, -0.15) is 0 Å². The number of hydrogen-bond donors (Lipinski definition) is 1. The lowest BCUT2D eigenvalue weighted by molar-refractivity contribution is -0.139. The van der Waals surface area contributed by atoms with E-state index in [-0.39, 0.29) is 18.4 Å². The SMILES string of the molecule is CC[C@@H](C(=O)NCC(C)C)N(CCc1ccccc1)C(=O)CN(c1ccc(C)c(C)c1)S(C)(=O)=O. The minimum Gasteiger partial charge on any atom is -0.354 e. The highest BCUT2D eigenvalue weighted by Gasteiger charge is 2.31. The molecule has 0 saturated heterocycles. The predicted molar refractivity (Wildman–Crippen MR) is 142 cm³/mol. The molecule has 2 aromatic carbocycles. The van der Waals surface area contributed by atoms with Crippen LogP contribution in [0.4, 0.5) is 5.69 Å². The third-order valence-corrected chi connectivity index (χ3v) is 7.15. The van der Waals surface area contributed by atoms with Crippen LogP contribution >= 0.6 is 0 Å². The molecule has 0 aliphatic rings. The van der Waals surface area contributed by atoms with Crippen LogP contribution in [0.1, 0.15) is 43.9 Å². The van der Waals surface area contributed by atoms with E-state index in [1.807, 2.05) is 71.0 Å². The van der Waals surface area contributed by atoms with Gasteiger partial charge in [0.25, 0.3) is 0 Å². The average Bonchev–Trinajstić information content (AvgIpc) is 2.80. The molecular weight excluding hydrogens is 462 g/mol. The van der Waals surface area contributed by atoms with Crippen LogP contribution in [-0.4, -0.2) is 57.1 Å². The first-order chi connectivity index (χ1) is 16.4. The van der Waals surface area contributed by atoms with Crippen LogP contribution in [0.25, 0.3) is 0 Å². The van der Waals surface area contributed by atoms with Crippen molar-refractivity contribution in [2.75, 3.05) is 30.2 Å². The number of benzene rings is 2. The lowest BCUT2D eigenvalue weighted by Crippen LogP contribution is -2.53. The second kappa shape index (κ2) is 12.7. The van der Waals surface area contributed by atoms with Crippen molar-refractivity contribution in [2.24, 2.45) is 5.92 Å². The lowest BCUT2D eigenvalue weighted by atomic mass is 10.1. The summed E-state index contributed by atoms with van der Waals surface area (Å²) in [5.74, 6) is -0.355. The summed E-state index contributed by atoms with van der Waals surface area (Å²) in [6.07, 6.45) is 2.08. The molecular formula is C27H39N3O4S. The Bertz CT molecular complexity index is 1100. The van der Waals surface area contributed by atoms with Crippen molar-refractivity contribution in [2.45, 2.75) is 53.5 Å². The van der Waals surface area contributed by atoms with Crippen LogP contribution in [0.3, 0.4) is 0 Å². The Hall–Kier alpha value is -2.87. The second-order valence-electron chi connectivity index (χ2n) is 9.42. The number of hydrogen-bond acceptors (Lipinski definition) is 4. The van der Waals surface area contributed by atoms with Crippen LogP contribution in [0.15, 0.2) is 48.5 Å². The highest BCUT2D eigenvalue weighted by molar-refractivity contribution is 7.92. The van der Waals surface area contributed by atoms with E-state index in [2.05, 4.69) is 5.32 Å². The van der Waals surface area contributed by atoms with Crippen LogP contribution < -0.4 is 9.62 Å². The van der Waals surface area contributed by atoms with E-state index in [0.717, 1.165) is 27.3 Å². The molecule has 2 amide bonds. The fraction of sp³-hybridized carbons (Fsp3) is 0.481. The zero-order valence-corrected chi connectivity index (χ0v) is 22.6. The molecule has 0 heterocycles. The van der Waals surface area contributed by atoms with Crippen molar-refractivity contribution in [3.8, 4) is 0 Å². The van der Waals surface area contributed by atoms with E-state index in [0.29, 0.717) is 31.6 Å². The predicted octanol–water partition coefficient (Wildman–Crippen LogP) is 3.69.